The molecule has 0 amide bonds. The number of hydrogen-bond donors (Lipinski definition) is 1. The van der Waals surface area contributed by atoms with Gasteiger partial charge in [-0.15, -0.1) is 0 Å². The van der Waals surface area contributed by atoms with Crippen molar-refractivity contribution in [3.8, 4) is 6.07 Å². The zero-order valence-electron chi connectivity index (χ0n) is 12.2. The second-order valence-electron chi connectivity index (χ2n) is 5.06. The van der Waals surface area contributed by atoms with Gasteiger partial charge in [-0.3, -0.25) is 10.2 Å². The summed E-state index contributed by atoms with van der Waals surface area (Å²) in [5.41, 5.74) is -0.425. The molecule has 0 bridgehead atoms. The third-order valence-electron chi connectivity index (χ3n) is 3.35. The maximum absolute atomic E-state index is 9.31. The zero-order valence-corrected chi connectivity index (χ0v) is 12.2. The summed E-state index contributed by atoms with van der Waals surface area (Å²) in [6.45, 7) is 13.5. The Kier molecular flexibility index (Phi) is 8.20. The van der Waals surface area contributed by atoms with Crippen molar-refractivity contribution in [2.45, 2.75) is 65.5 Å². The van der Waals surface area contributed by atoms with Crippen molar-refractivity contribution in [2.75, 3.05) is 19.6 Å². The highest BCUT2D eigenvalue weighted by molar-refractivity contribution is 5.05. The lowest BCUT2D eigenvalue weighted by atomic mass is 10.0. The zero-order chi connectivity index (χ0) is 13.3. The van der Waals surface area contributed by atoms with Crippen molar-refractivity contribution in [3.05, 3.63) is 0 Å². The number of hydrogen-bond acceptors (Lipinski definition) is 3. The molecule has 0 fully saturated rings. The predicted molar refractivity (Wildman–Crippen MR) is 73.9 cm³/mol. The van der Waals surface area contributed by atoms with E-state index in [-0.39, 0.29) is 0 Å². The number of nitriles is 1. The molecule has 0 saturated carbocycles. The second kappa shape index (κ2) is 8.49. The molecule has 1 N–H and O–H groups in total. The summed E-state index contributed by atoms with van der Waals surface area (Å²) in [5.74, 6) is 0. The molecule has 0 radical (unpaired) electrons. The Balaban J connectivity index is 4.54. The van der Waals surface area contributed by atoms with Crippen LogP contribution in [0.3, 0.4) is 0 Å². The summed E-state index contributed by atoms with van der Waals surface area (Å²) in [4.78, 5) is 2.44. The van der Waals surface area contributed by atoms with Crippen LogP contribution in [0.15, 0.2) is 0 Å². The van der Waals surface area contributed by atoms with Crippen LogP contribution in [0.5, 0.6) is 0 Å². The lowest BCUT2D eigenvalue weighted by molar-refractivity contribution is 0.164. The van der Waals surface area contributed by atoms with E-state index in [1.165, 1.54) is 12.8 Å². The van der Waals surface area contributed by atoms with Crippen LogP contribution in [0.4, 0.5) is 0 Å². The highest BCUT2D eigenvalue weighted by Crippen LogP contribution is 2.12. The Morgan fingerprint density at radius 2 is 2.00 bits per heavy atom. The van der Waals surface area contributed by atoms with Gasteiger partial charge < -0.3 is 0 Å². The third kappa shape index (κ3) is 6.05. The molecular weight excluding hydrogens is 210 g/mol. The van der Waals surface area contributed by atoms with Gasteiger partial charge in [-0.2, -0.15) is 5.26 Å². The van der Waals surface area contributed by atoms with Crippen molar-refractivity contribution in [1.29, 1.82) is 5.26 Å². The van der Waals surface area contributed by atoms with E-state index < -0.39 is 5.54 Å². The van der Waals surface area contributed by atoms with E-state index in [0.717, 1.165) is 26.1 Å². The Bertz CT molecular complexity index is 234. The first-order valence-electron chi connectivity index (χ1n) is 6.93. The van der Waals surface area contributed by atoms with E-state index in [4.69, 9.17) is 0 Å². The van der Waals surface area contributed by atoms with Crippen LogP contribution in [0.1, 0.15) is 53.9 Å². The van der Waals surface area contributed by atoms with Crippen molar-refractivity contribution in [2.24, 2.45) is 0 Å². The second-order valence-corrected chi connectivity index (χ2v) is 5.06. The molecule has 0 rings (SSSR count). The van der Waals surface area contributed by atoms with Crippen LogP contribution in [0.2, 0.25) is 0 Å². The lowest BCUT2D eigenvalue weighted by Gasteiger charge is -2.35. The lowest BCUT2D eigenvalue weighted by Crippen LogP contribution is -2.52. The molecule has 2 atom stereocenters. The summed E-state index contributed by atoms with van der Waals surface area (Å²) >= 11 is 0. The Hall–Kier alpha value is -0.590. The summed E-state index contributed by atoms with van der Waals surface area (Å²) < 4.78 is 0. The van der Waals surface area contributed by atoms with Crippen molar-refractivity contribution in [3.63, 3.8) is 0 Å². The highest BCUT2D eigenvalue weighted by Gasteiger charge is 2.27. The van der Waals surface area contributed by atoms with Gasteiger partial charge in [0.1, 0.15) is 5.54 Å². The highest BCUT2D eigenvalue weighted by atomic mass is 15.2. The number of nitrogens with one attached hydrogen (secondary N) is 1. The van der Waals surface area contributed by atoms with Crippen LogP contribution >= 0.6 is 0 Å². The molecule has 0 aliphatic heterocycles. The molecule has 0 heterocycles. The van der Waals surface area contributed by atoms with Crippen LogP contribution in [-0.4, -0.2) is 36.1 Å². The minimum atomic E-state index is -0.425. The molecule has 0 aliphatic rings. The summed E-state index contributed by atoms with van der Waals surface area (Å²) in [7, 11) is 0. The monoisotopic (exact) mass is 239 g/mol. The molecule has 0 spiro atoms. The van der Waals surface area contributed by atoms with Gasteiger partial charge in [-0.05, 0) is 39.8 Å². The molecule has 17 heavy (non-hydrogen) atoms. The fraction of sp³-hybridized carbons (Fsp3) is 0.929. The van der Waals surface area contributed by atoms with Crippen molar-refractivity contribution < 1.29 is 0 Å². The molecule has 0 aromatic heterocycles. The van der Waals surface area contributed by atoms with E-state index in [1.54, 1.807) is 0 Å². The van der Waals surface area contributed by atoms with Crippen LogP contribution in [0.25, 0.3) is 0 Å². The van der Waals surface area contributed by atoms with Crippen molar-refractivity contribution >= 4 is 0 Å². The van der Waals surface area contributed by atoms with Gasteiger partial charge in [0, 0.05) is 12.6 Å². The molecule has 0 saturated heterocycles. The van der Waals surface area contributed by atoms with E-state index in [9.17, 15) is 5.26 Å². The maximum atomic E-state index is 9.31. The Morgan fingerprint density at radius 3 is 2.41 bits per heavy atom. The van der Waals surface area contributed by atoms with Gasteiger partial charge in [-0.25, -0.2) is 0 Å². The molecule has 0 aromatic carbocycles. The van der Waals surface area contributed by atoms with E-state index in [2.05, 4.69) is 44.0 Å². The number of likely N-dealkylation sites (N-methyl/N-ethyl adjacent to an activating group) is 1. The average molecular weight is 239 g/mol. The van der Waals surface area contributed by atoms with E-state index in [1.807, 2.05) is 6.92 Å². The van der Waals surface area contributed by atoms with Crippen molar-refractivity contribution in [1.82, 2.24) is 10.2 Å². The minimum absolute atomic E-state index is 0.425. The van der Waals surface area contributed by atoms with Crippen LogP contribution < -0.4 is 5.32 Å². The normalized spacial score (nSPS) is 16.5. The molecule has 2 unspecified atom stereocenters. The summed E-state index contributed by atoms with van der Waals surface area (Å²) in [6.07, 6.45) is 3.55. The van der Waals surface area contributed by atoms with Gasteiger partial charge in [0.2, 0.25) is 0 Å². The summed E-state index contributed by atoms with van der Waals surface area (Å²) in [6, 6.07) is 2.96. The van der Waals surface area contributed by atoms with Crippen LogP contribution in [-0.2, 0) is 0 Å². The Labute approximate surface area is 107 Å². The van der Waals surface area contributed by atoms with E-state index in [0.29, 0.717) is 6.04 Å². The number of rotatable bonds is 9. The van der Waals surface area contributed by atoms with Gasteiger partial charge in [0.05, 0.1) is 6.07 Å². The minimum Gasteiger partial charge on any atom is -0.299 e. The maximum Gasteiger partial charge on any atom is 0.116 e. The molecule has 3 heteroatoms. The third-order valence-corrected chi connectivity index (χ3v) is 3.35. The molecule has 3 nitrogen and oxygen atoms in total. The Morgan fingerprint density at radius 1 is 1.35 bits per heavy atom. The standard InChI is InChI=1S/C14H29N3/c1-6-9-10-17(13(4)7-2)12-14(5,11-15)16-8-3/h13,16H,6-10,12H2,1-5H3. The molecule has 0 aliphatic carbocycles. The summed E-state index contributed by atoms with van der Waals surface area (Å²) in [5, 5.41) is 12.6. The van der Waals surface area contributed by atoms with Gasteiger partial charge >= 0.3 is 0 Å². The topological polar surface area (TPSA) is 39.1 Å². The largest absolute Gasteiger partial charge is 0.299 e. The van der Waals surface area contributed by atoms with Crippen LogP contribution in [0, 0.1) is 11.3 Å². The number of unbranched alkanes of at least 4 members (excludes halogenated alkanes) is 1. The fourth-order valence-electron chi connectivity index (χ4n) is 2.00. The first-order valence-corrected chi connectivity index (χ1v) is 6.93. The smallest absolute Gasteiger partial charge is 0.116 e. The van der Waals surface area contributed by atoms with Gasteiger partial charge in [0.25, 0.3) is 0 Å². The predicted octanol–water partition coefficient (Wildman–Crippen LogP) is 2.78. The quantitative estimate of drug-likeness (QED) is 0.672. The molecular formula is C14H29N3. The fourth-order valence-corrected chi connectivity index (χ4v) is 2.00. The molecule has 0 aromatic rings. The van der Waals surface area contributed by atoms with Gasteiger partial charge in [-0.1, -0.05) is 27.2 Å². The average Bonchev–Trinajstić information content (AvgIpc) is 2.33. The SMILES string of the molecule is CCCCN(CC(C)(C#N)NCC)C(C)CC. The first kappa shape index (κ1) is 16.4. The molecule has 100 valence electrons. The van der Waals surface area contributed by atoms with Gasteiger partial charge in [0.15, 0.2) is 0 Å². The first-order chi connectivity index (χ1) is 8.02. The van der Waals surface area contributed by atoms with E-state index >= 15 is 0 Å². The number of nitrogens with zero attached hydrogens (tertiary/aromatic N) is 2.